The molecule has 0 saturated heterocycles. The molecule has 23 heavy (non-hydrogen) atoms. The van der Waals surface area contributed by atoms with E-state index < -0.39 is 47.3 Å². The van der Waals surface area contributed by atoms with Gasteiger partial charge in [0.1, 0.15) is 5.92 Å². The average molecular weight is 343 g/mol. The molecule has 7 nitrogen and oxygen atoms in total. The van der Waals surface area contributed by atoms with Crippen LogP contribution in [0, 0.1) is 16.0 Å². The third-order valence-corrected chi connectivity index (χ3v) is 3.48. The molecular weight excluding hydrogens is 323 g/mol. The van der Waals surface area contributed by atoms with Crippen molar-refractivity contribution in [3.05, 3.63) is 10.1 Å². The number of hydrogen-bond donors (Lipinski definition) is 0. The van der Waals surface area contributed by atoms with Gasteiger partial charge in [0.25, 0.3) is 0 Å². The molecule has 0 aromatic heterocycles. The molecule has 0 aromatic rings. The third kappa shape index (κ3) is 4.80. The van der Waals surface area contributed by atoms with E-state index in [1.807, 2.05) is 0 Å². The number of carbonyl (C=O) groups is 2. The highest BCUT2D eigenvalue weighted by atomic mass is 19.4. The summed E-state index contributed by atoms with van der Waals surface area (Å²) in [6, 6.07) is 0. The third-order valence-electron chi connectivity index (χ3n) is 3.48. The summed E-state index contributed by atoms with van der Waals surface area (Å²) in [6.07, 6.45) is -7.65. The van der Waals surface area contributed by atoms with Crippen molar-refractivity contribution in [2.75, 3.05) is 13.7 Å². The van der Waals surface area contributed by atoms with Crippen LogP contribution in [0.3, 0.4) is 0 Å². The Balaban J connectivity index is 5.97. The SMILES string of the molecule is CCC[C@@H](C(=O)OCC)[C@](CCC(=O)OC)([N+](=O)[O-])C(F)(F)F. The first-order chi connectivity index (χ1) is 10.6. The molecule has 134 valence electrons. The van der Waals surface area contributed by atoms with E-state index >= 15 is 0 Å². The van der Waals surface area contributed by atoms with Crippen molar-refractivity contribution in [3.8, 4) is 0 Å². The fourth-order valence-electron chi connectivity index (χ4n) is 2.31. The Morgan fingerprint density at radius 1 is 1.26 bits per heavy atom. The number of rotatable bonds is 9. The molecule has 0 saturated carbocycles. The van der Waals surface area contributed by atoms with Gasteiger partial charge in [-0.3, -0.25) is 19.7 Å². The lowest BCUT2D eigenvalue weighted by molar-refractivity contribution is -0.622. The zero-order chi connectivity index (χ0) is 18.3. The summed E-state index contributed by atoms with van der Waals surface area (Å²) >= 11 is 0. The van der Waals surface area contributed by atoms with Gasteiger partial charge in [-0.1, -0.05) is 13.3 Å². The van der Waals surface area contributed by atoms with Crippen LogP contribution in [0.1, 0.15) is 39.5 Å². The minimum atomic E-state index is -5.34. The molecule has 0 aliphatic rings. The first-order valence-electron chi connectivity index (χ1n) is 7.03. The first-order valence-corrected chi connectivity index (χ1v) is 7.03. The molecule has 10 heteroatoms. The average Bonchev–Trinajstić information content (AvgIpc) is 2.44. The zero-order valence-corrected chi connectivity index (χ0v) is 13.1. The fraction of sp³-hybridized carbons (Fsp3) is 0.846. The lowest BCUT2D eigenvalue weighted by atomic mass is 9.77. The quantitative estimate of drug-likeness (QED) is 0.362. The van der Waals surface area contributed by atoms with Crippen molar-refractivity contribution in [2.45, 2.75) is 51.2 Å². The zero-order valence-electron chi connectivity index (χ0n) is 13.1. The lowest BCUT2D eigenvalue weighted by Crippen LogP contribution is -2.60. The second-order valence-corrected chi connectivity index (χ2v) is 4.85. The van der Waals surface area contributed by atoms with Crippen LogP contribution < -0.4 is 0 Å². The van der Waals surface area contributed by atoms with Gasteiger partial charge in [0.05, 0.1) is 20.1 Å². The van der Waals surface area contributed by atoms with E-state index in [-0.39, 0.29) is 19.4 Å². The number of ether oxygens (including phenoxy) is 2. The highest BCUT2D eigenvalue weighted by Crippen LogP contribution is 2.44. The minimum absolute atomic E-state index is 0.105. The van der Waals surface area contributed by atoms with Crippen LogP contribution in [-0.2, 0) is 19.1 Å². The van der Waals surface area contributed by atoms with Crippen molar-refractivity contribution in [2.24, 2.45) is 5.92 Å². The minimum Gasteiger partial charge on any atom is -0.469 e. The fourth-order valence-corrected chi connectivity index (χ4v) is 2.31. The van der Waals surface area contributed by atoms with Gasteiger partial charge in [0.15, 0.2) is 0 Å². The summed E-state index contributed by atoms with van der Waals surface area (Å²) in [6.45, 7) is 2.67. The van der Waals surface area contributed by atoms with Gasteiger partial charge in [0, 0.05) is 11.3 Å². The normalized spacial score (nSPS) is 15.4. The Morgan fingerprint density at radius 2 is 1.83 bits per heavy atom. The Labute approximate surface area is 131 Å². The molecule has 0 amide bonds. The standard InChI is InChI=1S/C13H20F3NO6/c1-4-6-9(11(19)23-5-2)12(17(20)21,13(14,15)16)8-7-10(18)22-3/h9H,4-8H2,1-3H3/t9-,12-/m0/s1. The predicted molar refractivity (Wildman–Crippen MR) is 72.1 cm³/mol. The van der Waals surface area contributed by atoms with Crippen molar-refractivity contribution in [3.63, 3.8) is 0 Å². The summed E-state index contributed by atoms with van der Waals surface area (Å²) in [5.74, 6) is -4.36. The number of nitro groups is 1. The number of carbonyl (C=O) groups excluding carboxylic acids is 2. The van der Waals surface area contributed by atoms with E-state index in [1.165, 1.54) is 13.8 Å². The molecular formula is C13H20F3NO6. The van der Waals surface area contributed by atoms with Crippen molar-refractivity contribution in [1.29, 1.82) is 0 Å². The van der Waals surface area contributed by atoms with Crippen LogP contribution in [0.15, 0.2) is 0 Å². The van der Waals surface area contributed by atoms with Crippen LogP contribution in [0.25, 0.3) is 0 Å². The van der Waals surface area contributed by atoms with Crippen LogP contribution >= 0.6 is 0 Å². The smallest absolute Gasteiger partial charge is 0.461 e. The summed E-state index contributed by atoms with van der Waals surface area (Å²) < 4.78 is 49.5. The van der Waals surface area contributed by atoms with Gasteiger partial charge < -0.3 is 9.47 Å². The summed E-state index contributed by atoms with van der Waals surface area (Å²) in [7, 11) is 0.957. The number of halogens is 3. The van der Waals surface area contributed by atoms with Crippen LogP contribution in [-0.4, -0.2) is 42.3 Å². The van der Waals surface area contributed by atoms with Gasteiger partial charge in [-0.15, -0.1) is 0 Å². The molecule has 0 rings (SSSR count). The highest BCUT2D eigenvalue weighted by Gasteiger charge is 2.71. The Morgan fingerprint density at radius 3 is 2.17 bits per heavy atom. The second-order valence-electron chi connectivity index (χ2n) is 4.85. The van der Waals surface area contributed by atoms with Crippen molar-refractivity contribution < 1.29 is 37.2 Å². The molecule has 0 aliphatic heterocycles. The number of esters is 2. The van der Waals surface area contributed by atoms with Gasteiger partial charge in [-0.05, 0) is 13.3 Å². The summed E-state index contributed by atoms with van der Waals surface area (Å²) in [5, 5.41) is 11.3. The maximum Gasteiger partial charge on any atom is 0.461 e. The summed E-state index contributed by atoms with van der Waals surface area (Å²) in [4.78, 5) is 32.8. The molecule has 0 aromatic carbocycles. The first kappa shape index (κ1) is 21.1. The predicted octanol–water partition coefficient (Wildman–Crippen LogP) is 2.50. The number of alkyl halides is 3. The van der Waals surface area contributed by atoms with Gasteiger partial charge in [-0.25, -0.2) is 0 Å². The molecule has 0 N–H and O–H groups in total. The number of hydrogen-bond acceptors (Lipinski definition) is 6. The Kier molecular flexibility index (Phi) is 7.98. The molecule has 0 spiro atoms. The molecule has 0 unspecified atom stereocenters. The number of methoxy groups -OCH3 is 1. The number of nitrogens with zero attached hydrogens (tertiary/aromatic N) is 1. The molecule has 0 heterocycles. The maximum absolute atomic E-state index is 13.6. The lowest BCUT2D eigenvalue weighted by Gasteiger charge is -2.32. The molecule has 0 bridgehead atoms. The van der Waals surface area contributed by atoms with E-state index in [0.717, 1.165) is 7.11 Å². The van der Waals surface area contributed by atoms with E-state index in [0.29, 0.717) is 0 Å². The summed E-state index contributed by atoms with van der Waals surface area (Å²) in [5.41, 5.74) is -3.59. The monoisotopic (exact) mass is 343 g/mol. The maximum atomic E-state index is 13.6. The Bertz CT molecular complexity index is 440. The van der Waals surface area contributed by atoms with Crippen molar-refractivity contribution in [1.82, 2.24) is 0 Å². The van der Waals surface area contributed by atoms with Crippen LogP contribution in [0.4, 0.5) is 13.2 Å². The largest absolute Gasteiger partial charge is 0.469 e. The van der Waals surface area contributed by atoms with E-state index in [4.69, 9.17) is 0 Å². The molecule has 0 aliphatic carbocycles. The van der Waals surface area contributed by atoms with E-state index in [2.05, 4.69) is 9.47 Å². The van der Waals surface area contributed by atoms with Crippen LogP contribution in [0.5, 0.6) is 0 Å². The molecule has 0 radical (unpaired) electrons. The van der Waals surface area contributed by atoms with E-state index in [9.17, 15) is 32.9 Å². The highest BCUT2D eigenvalue weighted by molar-refractivity contribution is 5.74. The van der Waals surface area contributed by atoms with E-state index in [1.54, 1.807) is 0 Å². The van der Waals surface area contributed by atoms with Gasteiger partial charge in [0.2, 0.25) is 0 Å². The molecule has 0 fully saturated rings. The van der Waals surface area contributed by atoms with Gasteiger partial charge in [-0.2, -0.15) is 13.2 Å². The van der Waals surface area contributed by atoms with Crippen LogP contribution in [0.2, 0.25) is 0 Å². The van der Waals surface area contributed by atoms with Gasteiger partial charge >= 0.3 is 23.7 Å². The van der Waals surface area contributed by atoms with Crippen molar-refractivity contribution >= 4 is 11.9 Å². The molecule has 2 atom stereocenters. The Hall–Kier alpha value is -1.87. The topological polar surface area (TPSA) is 95.7 Å². The second kappa shape index (κ2) is 8.68.